The molecule has 2 aliphatic rings. The maximum atomic E-state index is 11.5. The van der Waals surface area contributed by atoms with Gasteiger partial charge in [-0.05, 0) is 50.1 Å². The topological polar surface area (TPSA) is 46.2 Å². The minimum Gasteiger partial charge on any atom is -0.316 e. The van der Waals surface area contributed by atoms with Crippen LogP contribution in [-0.4, -0.2) is 33.0 Å². The van der Waals surface area contributed by atoms with Crippen molar-refractivity contribution in [1.82, 2.24) is 5.32 Å². The van der Waals surface area contributed by atoms with E-state index >= 15 is 0 Å². The minimum atomic E-state index is -2.72. The third-order valence-electron chi connectivity index (χ3n) is 4.52. The maximum Gasteiger partial charge on any atom is 0.150 e. The summed E-state index contributed by atoms with van der Waals surface area (Å²) >= 11 is 0. The van der Waals surface area contributed by atoms with E-state index in [0.717, 1.165) is 25.9 Å². The molecule has 2 aliphatic heterocycles. The molecule has 1 atom stereocenters. The number of sulfone groups is 1. The average Bonchev–Trinajstić information content (AvgIpc) is 2.26. The molecule has 4 heteroatoms. The van der Waals surface area contributed by atoms with Crippen LogP contribution in [0.25, 0.3) is 0 Å². The van der Waals surface area contributed by atoms with Crippen LogP contribution in [0.15, 0.2) is 0 Å². The minimum absolute atomic E-state index is 0.340. The van der Waals surface area contributed by atoms with Crippen LogP contribution in [0, 0.1) is 11.3 Å². The number of hydrogen-bond acceptors (Lipinski definition) is 3. The van der Waals surface area contributed by atoms with Gasteiger partial charge in [0.1, 0.15) is 9.84 Å². The Labute approximate surface area is 98.9 Å². The number of hydrogen-bond donors (Lipinski definition) is 1. The molecular formula is C12H23NO2S. The van der Waals surface area contributed by atoms with Crippen LogP contribution < -0.4 is 5.32 Å². The molecule has 0 saturated carbocycles. The van der Waals surface area contributed by atoms with E-state index in [-0.39, 0.29) is 0 Å². The van der Waals surface area contributed by atoms with Gasteiger partial charge in [0, 0.05) is 0 Å². The van der Waals surface area contributed by atoms with Crippen LogP contribution >= 0.6 is 0 Å². The van der Waals surface area contributed by atoms with E-state index < -0.39 is 9.84 Å². The van der Waals surface area contributed by atoms with Crippen LogP contribution in [0.3, 0.4) is 0 Å². The summed E-state index contributed by atoms with van der Waals surface area (Å²) in [5, 5.41) is 3.46. The van der Waals surface area contributed by atoms with Crippen molar-refractivity contribution >= 4 is 9.84 Å². The highest BCUT2D eigenvalue weighted by molar-refractivity contribution is 7.91. The molecule has 1 spiro atoms. The number of rotatable bonds is 2. The van der Waals surface area contributed by atoms with E-state index in [0.29, 0.717) is 22.8 Å². The van der Waals surface area contributed by atoms with Crippen molar-refractivity contribution in [3.63, 3.8) is 0 Å². The summed E-state index contributed by atoms with van der Waals surface area (Å²) in [4.78, 5) is 0. The average molecular weight is 245 g/mol. The van der Waals surface area contributed by atoms with Crippen LogP contribution in [0.2, 0.25) is 0 Å². The molecular weight excluding hydrogens is 222 g/mol. The summed E-state index contributed by atoms with van der Waals surface area (Å²) < 4.78 is 23.1. The van der Waals surface area contributed by atoms with Gasteiger partial charge in [-0.2, -0.15) is 0 Å². The molecule has 2 heterocycles. The van der Waals surface area contributed by atoms with Gasteiger partial charge < -0.3 is 5.32 Å². The molecule has 0 amide bonds. The predicted molar refractivity (Wildman–Crippen MR) is 66.2 cm³/mol. The quantitative estimate of drug-likeness (QED) is 0.803. The third kappa shape index (κ3) is 2.43. The van der Waals surface area contributed by atoms with Crippen molar-refractivity contribution in [2.75, 3.05) is 24.6 Å². The zero-order valence-electron chi connectivity index (χ0n) is 10.2. The highest BCUT2D eigenvalue weighted by atomic mass is 32.2. The Kier molecular flexibility index (Phi) is 3.59. The molecule has 1 N–H and O–H groups in total. The first-order chi connectivity index (χ1) is 7.58. The summed E-state index contributed by atoms with van der Waals surface area (Å²) in [6, 6.07) is 0. The molecule has 16 heavy (non-hydrogen) atoms. The van der Waals surface area contributed by atoms with Crippen LogP contribution in [0.4, 0.5) is 0 Å². The zero-order valence-corrected chi connectivity index (χ0v) is 11.0. The molecule has 2 rings (SSSR count). The van der Waals surface area contributed by atoms with E-state index in [1.807, 2.05) is 0 Å². The van der Waals surface area contributed by atoms with E-state index in [9.17, 15) is 8.42 Å². The first-order valence-electron chi connectivity index (χ1n) is 6.49. The summed E-state index contributed by atoms with van der Waals surface area (Å²) in [5.74, 6) is 1.54. The van der Waals surface area contributed by atoms with Gasteiger partial charge >= 0.3 is 0 Å². The lowest BCUT2D eigenvalue weighted by atomic mass is 9.65. The Bertz CT molecular complexity index is 321. The Morgan fingerprint density at radius 1 is 1.25 bits per heavy atom. The zero-order chi connectivity index (χ0) is 11.6. The van der Waals surface area contributed by atoms with Crippen LogP contribution in [-0.2, 0) is 9.84 Å². The summed E-state index contributed by atoms with van der Waals surface area (Å²) in [6.45, 7) is 4.38. The number of piperidine rings is 1. The van der Waals surface area contributed by atoms with Crippen molar-refractivity contribution in [2.24, 2.45) is 11.3 Å². The fraction of sp³-hybridized carbons (Fsp3) is 1.00. The first-order valence-corrected chi connectivity index (χ1v) is 8.31. The third-order valence-corrected chi connectivity index (χ3v) is 6.17. The fourth-order valence-electron chi connectivity index (χ4n) is 3.39. The Hall–Kier alpha value is -0.0900. The predicted octanol–water partition coefficient (Wildman–Crippen LogP) is 1.59. The Morgan fingerprint density at radius 2 is 1.94 bits per heavy atom. The standard InChI is InChI=1S/C12H23NO2S/c1-2-3-11-10-13-7-4-12(11)5-8-16(14,15)9-6-12/h11,13H,2-10H2,1H3. The Morgan fingerprint density at radius 3 is 2.56 bits per heavy atom. The lowest BCUT2D eigenvalue weighted by Crippen LogP contribution is -2.49. The van der Waals surface area contributed by atoms with Gasteiger partial charge in [-0.15, -0.1) is 0 Å². The van der Waals surface area contributed by atoms with Crippen molar-refractivity contribution in [1.29, 1.82) is 0 Å². The molecule has 0 aromatic carbocycles. The number of nitrogens with one attached hydrogen (secondary N) is 1. The van der Waals surface area contributed by atoms with E-state index in [4.69, 9.17) is 0 Å². The van der Waals surface area contributed by atoms with Gasteiger partial charge in [0.25, 0.3) is 0 Å². The molecule has 2 fully saturated rings. The lowest BCUT2D eigenvalue weighted by Gasteiger charge is -2.47. The van der Waals surface area contributed by atoms with Gasteiger partial charge in [-0.25, -0.2) is 8.42 Å². The Balaban J connectivity index is 2.09. The first kappa shape index (κ1) is 12.4. The van der Waals surface area contributed by atoms with E-state index in [2.05, 4.69) is 12.2 Å². The molecule has 0 aliphatic carbocycles. The fourth-order valence-corrected chi connectivity index (χ4v) is 5.03. The molecule has 94 valence electrons. The van der Waals surface area contributed by atoms with E-state index in [1.165, 1.54) is 19.3 Å². The van der Waals surface area contributed by atoms with Gasteiger partial charge in [0.2, 0.25) is 0 Å². The summed E-state index contributed by atoms with van der Waals surface area (Å²) in [6.07, 6.45) is 5.43. The smallest absolute Gasteiger partial charge is 0.150 e. The molecule has 0 aromatic heterocycles. The summed E-state index contributed by atoms with van der Waals surface area (Å²) in [5.41, 5.74) is 0.340. The molecule has 3 nitrogen and oxygen atoms in total. The highest BCUT2D eigenvalue weighted by Crippen LogP contribution is 2.45. The second-order valence-electron chi connectivity index (χ2n) is 5.45. The second kappa shape index (κ2) is 4.65. The van der Waals surface area contributed by atoms with Gasteiger partial charge in [0.15, 0.2) is 0 Å². The van der Waals surface area contributed by atoms with Crippen molar-refractivity contribution in [3.05, 3.63) is 0 Å². The maximum absolute atomic E-state index is 11.5. The van der Waals surface area contributed by atoms with Crippen LogP contribution in [0.5, 0.6) is 0 Å². The largest absolute Gasteiger partial charge is 0.316 e. The molecule has 1 unspecified atom stereocenters. The second-order valence-corrected chi connectivity index (χ2v) is 7.76. The van der Waals surface area contributed by atoms with Crippen molar-refractivity contribution in [2.45, 2.75) is 39.0 Å². The lowest BCUT2D eigenvalue weighted by molar-refractivity contribution is 0.0857. The highest BCUT2D eigenvalue weighted by Gasteiger charge is 2.43. The molecule has 0 aromatic rings. The normalized spacial score (nSPS) is 32.7. The van der Waals surface area contributed by atoms with E-state index in [1.54, 1.807) is 0 Å². The summed E-state index contributed by atoms with van der Waals surface area (Å²) in [7, 11) is -2.72. The van der Waals surface area contributed by atoms with Crippen molar-refractivity contribution < 1.29 is 8.42 Å². The molecule has 0 radical (unpaired) electrons. The van der Waals surface area contributed by atoms with Crippen molar-refractivity contribution in [3.8, 4) is 0 Å². The monoisotopic (exact) mass is 245 g/mol. The van der Waals surface area contributed by atoms with Gasteiger partial charge in [-0.1, -0.05) is 13.3 Å². The van der Waals surface area contributed by atoms with Gasteiger partial charge in [0.05, 0.1) is 11.5 Å². The molecule has 0 bridgehead atoms. The van der Waals surface area contributed by atoms with Crippen LogP contribution in [0.1, 0.15) is 39.0 Å². The SMILES string of the molecule is CCCC1CNCCC12CCS(=O)(=O)CC2. The molecule has 2 saturated heterocycles. The van der Waals surface area contributed by atoms with Gasteiger partial charge in [-0.3, -0.25) is 0 Å².